The maximum atomic E-state index is 13.1. The Morgan fingerprint density at radius 1 is 1.24 bits per heavy atom. The van der Waals surface area contributed by atoms with Crippen molar-refractivity contribution >= 4 is 43.2 Å². The van der Waals surface area contributed by atoms with Crippen molar-refractivity contribution in [3.8, 4) is 0 Å². The fourth-order valence-electron chi connectivity index (χ4n) is 1.52. The number of aliphatic hydroxyl groups excluding tert-OH is 1. The Morgan fingerprint density at radius 3 is 2.65 bits per heavy atom. The minimum atomic E-state index is -0.607. The van der Waals surface area contributed by atoms with Gasteiger partial charge in [0.05, 0.1) is 9.89 Å². The van der Waals surface area contributed by atoms with Crippen molar-refractivity contribution in [3.05, 3.63) is 54.8 Å². The van der Waals surface area contributed by atoms with Crippen molar-refractivity contribution in [1.82, 2.24) is 0 Å². The number of hydrogen-bond donors (Lipinski definition) is 1. The number of hydrogen-bond acceptors (Lipinski definition) is 2. The van der Waals surface area contributed by atoms with E-state index in [0.29, 0.717) is 6.42 Å². The van der Waals surface area contributed by atoms with Gasteiger partial charge in [0.2, 0.25) is 0 Å². The number of aliphatic hydroxyl groups is 1. The fourth-order valence-corrected chi connectivity index (χ4v) is 3.33. The average molecular weight is 380 g/mol. The summed E-state index contributed by atoms with van der Waals surface area (Å²) in [6, 6.07) is 8.25. The molecule has 5 heteroatoms. The van der Waals surface area contributed by atoms with Crippen LogP contribution in [0.15, 0.2) is 38.6 Å². The molecule has 1 nitrogen and oxygen atoms in total. The summed E-state index contributed by atoms with van der Waals surface area (Å²) in [6.45, 7) is 0. The zero-order valence-corrected chi connectivity index (χ0v) is 12.6. The molecule has 1 aromatic heterocycles. The highest BCUT2D eigenvalue weighted by Crippen LogP contribution is 2.30. The third kappa shape index (κ3) is 3.37. The van der Waals surface area contributed by atoms with Crippen LogP contribution in [0.3, 0.4) is 0 Å². The minimum Gasteiger partial charge on any atom is -0.387 e. The van der Waals surface area contributed by atoms with Gasteiger partial charge in [-0.05, 0) is 51.8 Å². The Kier molecular flexibility index (Phi) is 4.36. The van der Waals surface area contributed by atoms with Crippen LogP contribution in [0.2, 0.25) is 0 Å². The van der Waals surface area contributed by atoms with Gasteiger partial charge in [-0.3, -0.25) is 0 Å². The maximum Gasteiger partial charge on any atom is 0.123 e. The van der Waals surface area contributed by atoms with Gasteiger partial charge in [-0.2, -0.15) is 0 Å². The molecule has 0 amide bonds. The molecule has 1 aromatic carbocycles. The Morgan fingerprint density at radius 2 is 2.00 bits per heavy atom. The largest absolute Gasteiger partial charge is 0.387 e. The third-order valence-corrected chi connectivity index (χ3v) is 4.84. The first-order valence-electron chi connectivity index (χ1n) is 4.93. The van der Waals surface area contributed by atoms with Gasteiger partial charge in [0.15, 0.2) is 0 Å². The number of benzene rings is 1. The van der Waals surface area contributed by atoms with Crippen molar-refractivity contribution < 1.29 is 9.50 Å². The van der Waals surface area contributed by atoms with E-state index in [1.54, 1.807) is 6.07 Å². The lowest BCUT2D eigenvalue weighted by Gasteiger charge is -2.10. The summed E-state index contributed by atoms with van der Waals surface area (Å²) in [6.07, 6.45) is -0.213. The van der Waals surface area contributed by atoms with Crippen molar-refractivity contribution in [3.63, 3.8) is 0 Å². The van der Waals surface area contributed by atoms with Gasteiger partial charge in [0.25, 0.3) is 0 Å². The molecule has 0 aliphatic carbocycles. The monoisotopic (exact) mass is 378 g/mol. The van der Waals surface area contributed by atoms with E-state index in [9.17, 15) is 9.50 Å². The summed E-state index contributed by atoms with van der Waals surface area (Å²) in [5.41, 5.74) is 0.766. The first kappa shape index (κ1) is 13.2. The summed E-state index contributed by atoms with van der Waals surface area (Å²) >= 11 is 8.19. The van der Waals surface area contributed by atoms with Gasteiger partial charge >= 0.3 is 0 Å². The summed E-state index contributed by atoms with van der Waals surface area (Å²) < 4.78 is 14.9. The molecular weight excluding hydrogens is 371 g/mol. The molecule has 0 fully saturated rings. The van der Waals surface area contributed by atoms with Gasteiger partial charge in [0, 0.05) is 15.8 Å². The molecule has 0 aliphatic rings. The van der Waals surface area contributed by atoms with Crippen LogP contribution in [0.1, 0.15) is 16.5 Å². The van der Waals surface area contributed by atoms with Crippen LogP contribution < -0.4 is 0 Å². The quantitative estimate of drug-likeness (QED) is 0.820. The number of thiophene rings is 1. The highest BCUT2D eigenvalue weighted by Gasteiger charge is 2.13. The summed E-state index contributed by atoms with van der Waals surface area (Å²) in [5.74, 6) is -0.289. The maximum absolute atomic E-state index is 13.1. The minimum absolute atomic E-state index is 0.289. The standard InChI is InChI=1S/C12H9Br2FOS/c13-9-2-1-8(15)5-7(9)6-10(16)11-3-4-12(14)17-11/h1-5,10,16H,6H2. The Bertz CT molecular complexity index is 527. The first-order valence-corrected chi connectivity index (χ1v) is 7.34. The second kappa shape index (κ2) is 5.61. The smallest absolute Gasteiger partial charge is 0.123 e. The lowest BCUT2D eigenvalue weighted by molar-refractivity contribution is 0.182. The molecule has 0 bridgehead atoms. The van der Waals surface area contributed by atoms with E-state index in [-0.39, 0.29) is 5.82 Å². The van der Waals surface area contributed by atoms with E-state index < -0.39 is 6.10 Å². The van der Waals surface area contributed by atoms with Crippen molar-refractivity contribution in [2.24, 2.45) is 0 Å². The fraction of sp³-hybridized carbons (Fsp3) is 0.167. The Balaban J connectivity index is 2.18. The second-order valence-electron chi connectivity index (χ2n) is 3.60. The molecule has 1 heterocycles. The molecule has 2 aromatic rings. The van der Waals surface area contributed by atoms with Crippen LogP contribution in [-0.2, 0) is 6.42 Å². The van der Waals surface area contributed by atoms with Crippen LogP contribution in [0.4, 0.5) is 4.39 Å². The average Bonchev–Trinajstić information content (AvgIpc) is 2.70. The molecule has 1 N–H and O–H groups in total. The molecule has 1 unspecified atom stereocenters. The van der Waals surface area contributed by atoms with Crippen LogP contribution >= 0.6 is 43.2 Å². The van der Waals surface area contributed by atoms with Crippen molar-refractivity contribution in [2.45, 2.75) is 12.5 Å². The van der Waals surface area contributed by atoms with E-state index in [4.69, 9.17) is 0 Å². The Hall–Kier alpha value is -0.230. The molecular formula is C12H9Br2FOS. The molecule has 17 heavy (non-hydrogen) atoms. The van der Waals surface area contributed by atoms with Crippen molar-refractivity contribution in [2.75, 3.05) is 0 Å². The van der Waals surface area contributed by atoms with Crippen molar-refractivity contribution in [1.29, 1.82) is 0 Å². The lowest BCUT2D eigenvalue weighted by Crippen LogP contribution is -2.00. The molecule has 0 radical (unpaired) electrons. The SMILES string of the molecule is OC(Cc1cc(F)ccc1Br)c1ccc(Br)s1. The number of halogens is 3. The predicted molar refractivity (Wildman–Crippen MR) is 74.8 cm³/mol. The molecule has 0 saturated heterocycles. The van der Waals surface area contributed by atoms with Gasteiger partial charge in [-0.25, -0.2) is 4.39 Å². The van der Waals surface area contributed by atoms with Crippen LogP contribution in [0.5, 0.6) is 0 Å². The van der Waals surface area contributed by atoms with E-state index >= 15 is 0 Å². The van der Waals surface area contributed by atoms with Crippen LogP contribution in [-0.4, -0.2) is 5.11 Å². The number of rotatable bonds is 3. The zero-order valence-electron chi connectivity index (χ0n) is 8.66. The van der Waals surface area contributed by atoms with E-state index in [1.807, 2.05) is 12.1 Å². The van der Waals surface area contributed by atoms with Gasteiger partial charge < -0.3 is 5.11 Å². The topological polar surface area (TPSA) is 20.2 Å². The van der Waals surface area contributed by atoms with Crippen LogP contribution in [0, 0.1) is 5.82 Å². The normalized spacial score (nSPS) is 12.7. The molecule has 0 saturated carbocycles. The highest BCUT2D eigenvalue weighted by atomic mass is 79.9. The Labute approximate surface area is 120 Å². The van der Waals surface area contributed by atoms with Gasteiger partial charge in [-0.1, -0.05) is 15.9 Å². The summed E-state index contributed by atoms with van der Waals surface area (Å²) in [5, 5.41) is 10.0. The molecule has 1 atom stereocenters. The van der Waals surface area contributed by atoms with E-state index in [0.717, 1.165) is 18.7 Å². The van der Waals surface area contributed by atoms with E-state index in [1.165, 1.54) is 23.5 Å². The zero-order chi connectivity index (χ0) is 12.4. The second-order valence-corrected chi connectivity index (χ2v) is 6.95. The molecule has 2 rings (SSSR count). The van der Waals surface area contributed by atoms with E-state index in [2.05, 4.69) is 31.9 Å². The molecule has 0 spiro atoms. The molecule has 0 aliphatic heterocycles. The molecule has 90 valence electrons. The highest BCUT2D eigenvalue weighted by molar-refractivity contribution is 9.11. The summed E-state index contributed by atoms with van der Waals surface area (Å²) in [7, 11) is 0. The van der Waals surface area contributed by atoms with Gasteiger partial charge in [0.1, 0.15) is 5.82 Å². The lowest BCUT2D eigenvalue weighted by atomic mass is 10.1. The third-order valence-electron chi connectivity index (χ3n) is 2.34. The van der Waals surface area contributed by atoms with Crippen LogP contribution in [0.25, 0.3) is 0 Å². The predicted octanol–water partition coefficient (Wildman–Crippen LogP) is 4.69. The first-order chi connectivity index (χ1) is 8.06. The van der Waals surface area contributed by atoms with Gasteiger partial charge in [-0.15, -0.1) is 11.3 Å². The summed E-state index contributed by atoms with van der Waals surface area (Å²) in [4.78, 5) is 0.869.